The molecule has 1 aromatic carbocycles. The number of nitrogens with one attached hydrogen (secondary N) is 1. The first-order chi connectivity index (χ1) is 14.4. The van der Waals surface area contributed by atoms with Gasteiger partial charge in [0.25, 0.3) is 5.91 Å². The van der Waals surface area contributed by atoms with Crippen LogP contribution in [0, 0.1) is 5.41 Å². The Hall–Kier alpha value is -2.97. The standard InChI is InChI=1S/C22H25N5O3/c1-22(2)12-14-10-17(18(11-15(14)19(22)28)26-6-8-30-9-7-26)25-21(29)16-13-24-27-5-3-4-23-20(16)27/h3-5,10-11,13,19,28H,6-9,12H2,1-2H3,(H,25,29). The van der Waals surface area contributed by atoms with Crippen molar-refractivity contribution in [2.45, 2.75) is 26.4 Å². The van der Waals surface area contributed by atoms with Gasteiger partial charge in [-0.15, -0.1) is 0 Å². The van der Waals surface area contributed by atoms with Crippen molar-refractivity contribution < 1.29 is 14.6 Å². The molecule has 0 radical (unpaired) electrons. The molecule has 5 rings (SSSR count). The average Bonchev–Trinajstić information content (AvgIpc) is 3.27. The van der Waals surface area contributed by atoms with E-state index < -0.39 is 6.10 Å². The third kappa shape index (κ3) is 3.12. The molecule has 1 fully saturated rings. The molecule has 30 heavy (non-hydrogen) atoms. The topological polar surface area (TPSA) is 92.0 Å². The highest BCUT2D eigenvalue weighted by Gasteiger charge is 2.39. The summed E-state index contributed by atoms with van der Waals surface area (Å²) < 4.78 is 7.08. The molecular formula is C22H25N5O3. The number of anilines is 2. The number of aliphatic hydroxyl groups excluding tert-OH is 1. The molecule has 1 unspecified atom stereocenters. The molecule has 2 N–H and O–H groups in total. The second-order valence-electron chi connectivity index (χ2n) is 8.64. The number of fused-ring (bicyclic) bond motifs is 2. The summed E-state index contributed by atoms with van der Waals surface area (Å²) >= 11 is 0. The number of rotatable bonds is 3. The maximum absolute atomic E-state index is 13.1. The summed E-state index contributed by atoms with van der Waals surface area (Å²) in [5.41, 5.74) is 4.35. The zero-order valence-corrected chi connectivity index (χ0v) is 17.1. The number of carbonyl (C=O) groups is 1. The van der Waals surface area contributed by atoms with Crippen molar-refractivity contribution in [1.82, 2.24) is 14.6 Å². The van der Waals surface area contributed by atoms with Crippen LogP contribution >= 0.6 is 0 Å². The second kappa shape index (κ2) is 7.07. The van der Waals surface area contributed by atoms with Crippen molar-refractivity contribution in [3.05, 3.63) is 53.5 Å². The number of hydrogen-bond acceptors (Lipinski definition) is 6. The van der Waals surface area contributed by atoms with Crippen LogP contribution in [0.5, 0.6) is 0 Å². The predicted molar refractivity (Wildman–Crippen MR) is 113 cm³/mol. The molecule has 0 saturated carbocycles. The molecule has 2 aromatic heterocycles. The lowest BCUT2D eigenvalue weighted by Crippen LogP contribution is -2.37. The molecule has 1 aliphatic carbocycles. The van der Waals surface area contributed by atoms with Crippen molar-refractivity contribution in [2.75, 3.05) is 36.5 Å². The van der Waals surface area contributed by atoms with E-state index in [-0.39, 0.29) is 11.3 Å². The quantitative estimate of drug-likeness (QED) is 0.693. The Balaban J connectivity index is 1.54. The zero-order chi connectivity index (χ0) is 20.9. The average molecular weight is 407 g/mol. The summed E-state index contributed by atoms with van der Waals surface area (Å²) in [4.78, 5) is 19.6. The largest absolute Gasteiger partial charge is 0.388 e. The first kappa shape index (κ1) is 19.0. The van der Waals surface area contributed by atoms with Crippen molar-refractivity contribution >= 4 is 22.9 Å². The number of ether oxygens (including phenoxy) is 1. The Morgan fingerprint density at radius 1 is 1.30 bits per heavy atom. The molecular weight excluding hydrogens is 382 g/mol. The third-order valence-corrected chi connectivity index (χ3v) is 6.06. The van der Waals surface area contributed by atoms with Crippen molar-refractivity contribution in [3.8, 4) is 0 Å². The molecule has 0 bridgehead atoms. The van der Waals surface area contributed by atoms with E-state index in [2.05, 4.69) is 34.1 Å². The molecule has 1 amide bonds. The smallest absolute Gasteiger partial charge is 0.261 e. The van der Waals surface area contributed by atoms with Crippen LogP contribution in [-0.2, 0) is 11.2 Å². The molecule has 1 aliphatic heterocycles. The number of morpholine rings is 1. The van der Waals surface area contributed by atoms with E-state index in [4.69, 9.17) is 4.74 Å². The fourth-order valence-corrected chi connectivity index (χ4v) is 4.41. The van der Waals surface area contributed by atoms with Crippen LogP contribution in [0.15, 0.2) is 36.8 Å². The van der Waals surface area contributed by atoms with Crippen LogP contribution in [-0.4, -0.2) is 51.9 Å². The molecule has 2 aliphatic rings. The third-order valence-electron chi connectivity index (χ3n) is 6.06. The SMILES string of the molecule is CC1(C)Cc2cc(NC(=O)c3cnn4cccnc34)c(N3CCOCC3)cc2C1O. The van der Waals surface area contributed by atoms with Gasteiger partial charge in [0.05, 0.1) is 36.9 Å². The minimum absolute atomic E-state index is 0.237. The van der Waals surface area contributed by atoms with E-state index in [1.165, 1.54) is 6.20 Å². The highest BCUT2D eigenvalue weighted by Crippen LogP contribution is 2.48. The lowest BCUT2D eigenvalue weighted by Gasteiger charge is -2.31. The molecule has 8 nitrogen and oxygen atoms in total. The van der Waals surface area contributed by atoms with E-state index in [9.17, 15) is 9.90 Å². The zero-order valence-electron chi connectivity index (χ0n) is 17.1. The van der Waals surface area contributed by atoms with Crippen molar-refractivity contribution in [1.29, 1.82) is 0 Å². The maximum Gasteiger partial charge on any atom is 0.261 e. The van der Waals surface area contributed by atoms with Gasteiger partial charge in [-0.25, -0.2) is 9.50 Å². The number of hydrogen-bond donors (Lipinski definition) is 2. The monoisotopic (exact) mass is 407 g/mol. The van der Waals surface area contributed by atoms with Gasteiger partial charge in [0, 0.05) is 25.5 Å². The first-order valence-corrected chi connectivity index (χ1v) is 10.2. The van der Waals surface area contributed by atoms with Gasteiger partial charge < -0.3 is 20.1 Å². The Kier molecular flexibility index (Phi) is 4.48. The number of aromatic nitrogens is 3. The first-order valence-electron chi connectivity index (χ1n) is 10.2. The number of benzene rings is 1. The second-order valence-corrected chi connectivity index (χ2v) is 8.64. The van der Waals surface area contributed by atoms with E-state index in [1.807, 2.05) is 12.1 Å². The van der Waals surface area contributed by atoms with Crippen LogP contribution in [0.25, 0.3) is 5.65 Å². The van der Waals surface area contributed by atoms with Gasteiger partial charge in [-0.05, 0) is 41.2 Å². The fourth-order valence-electron chi connectivity index (χ4n) is 4.41. The van der Waals surface area contributed by atoms with Crippen LogP contribution in [0.1, 0.15) is 41.4 Å². The van der Waals surface area contributed by atoms with Gasteiger partial charge in [0.15, 0.2) is 5.65 Å². The highest BCUT2D eigenvalue weighted by atomic mass is 16.5. The van der Waals surface area contributed by atoms with Gasteiger partial charge in [-0.1, -0.05) is 13.8 Å². The summed E-state index contributed by atoms with van der Waals surface area (Å²) in [6, 6.07) is 5.81. The summed E-state index contributed by atoms with van der Waals surface area (Å²) in [5.74, 6) is -0.254. The lowest BCUT2D eigenvalue weighted by atomic mass is 9.87. The molecule has 8 heteroatoms. The Morgan fingerprint density at radius 3 is 2.90 bits per heavy atom. The van der Waals surface area contributed by atoms with Gasteiger partial charge in [0.2, 0.25) is 0 Å². The Labute approximate surface area is 174 Å². The van der Waals surface area contributed by atoms with Gasteiger partial charge in [-0.2, -0.15) is 5.10 Å². The number of carbonyl (C=O) groups excluding carboxylic acids is 1. The van der Waals surface area contributed by atoms with Gasteiger partial charge in [-0.3, -0.25) is 4.79 Å². The molecule has 3 heterocycles. The molecule has 156 valence electrons. The minimum Gasteiger partial charge on any atom is -0.388 e. The van der Waals surface area contributed by atoms with Gasteiger partial charge in [0.1, 0.15) is 5.56 Å². The van der Waals surface area contributed by atoms with E-state index >= 15 is 0 Å². The van der Waals surface area contributed by atoms with Crippen LogP contribution < -0.4 is 10.2 Å². The maximum atomic E-state index is 13.1. The van der Waals surface area contributed by atoms with E-state index in [0.717, 1.165) is 42.0 Å². The molecule has 0 spiro atoms. The summed E-state index contributed by atoms with van der Waals surface area (Å²) in [7, 11) is 0. The lowest BCUT2D eigenvalue weighted by molar-refractivity contribution is 0.0666. The summed E-state index contributed by atoms with van der Waals surface area (Å²) in [6.45, 7) is 6.87. The molecule has 1 saturated heterocycles. The van der Waals surface area contributed by atoms with E-state index in [0.29, 0.717) is 24.4 Å². The summed E-state index contributed by atoms with van der Waals surface area (Å²) in [5, 5.41) is 18.1. The van der Waals surface area contributed by atoms with Crippen LogP contribution in [0.2, 0.25) is 0 Å². The van der Waals surface area contributed by atoms with Gasteiger partial charge >= 0.3 is 0 Å². The number of amides is 1. The number of aliphatic hydroxyl groups is 1. The van der Waals surface area contributed by atoms with Crippen molar-refractivity contribution in [2.24, 2.45) is 5.41 Å². The normalized spacial score (nSPS) is 20.4. The minimum atomic E-state index is -0.527. The molecule has 1 atom stereocenters. The van der Waals surface area contributed by atoms with Crippen molar-refractivity contribution in [3.63, 3.8) is 0 Å². The van der Waals surface area contributed by atoms with Crippen LogP contribution in [0.4, 0.5) is 11.4 Å². The molecule has 3 aromatic rings. The van der Waals surface area contributed by atoms with E-state index in [1.54, 1.807) is 23.0 Å². The summed E-state index contributed by atoms with van der Waals surface area (Å²) in [6.07, 6.45) is 5.17. The Bertz CT molecular complexity index is 1120. The van der Waals surface area contributed by atoms with Crippen LogP contribution in [0.3, 0.4) is 0 Å². The fraction of sp³-hybridized carbons (Fsp3) is 0.409. The predicted octanol–water partition coefficient (Wildman–Crippen LogP) is 2.43. The highest BCUT2D eigenvalue weighted by molar-refractivity contribution is 6.09. The Morgan fingerprint density at radius 2 is 2.10 bits per heavy atom. The number of nitrogens with zero attached hydrogens (tertiary/aromatic N) is 4.